The molecular formula is C15H22N2O2. The molecule has 0 amide bonds. The molecule has 1 aromatic carbocycles. The van der Waals surface area contributed by atoms with Crippen molar-refractivity contribution in [3.63, 3.8) is 0 Å². The van der Waals surface area contributed by atoms with Gasteiger partial charge in [-0.3, -0.25) is 15.0 Å². The summed E-state index contributed by atoms with van der Waals surface area (Å²) in [6.45, 7) is 7.94. The Morgan fingerprint density at radius 1 is 1.37 bits per heavy atom. The van der Waals surface area contributed by atoms with Gasteiger partial charge in [0.1, 0.15) is 11.6 Å². The number of carbonyl (C=O) groups is 1. The van der Waals surface area contributed by atoms with Crippen molar-refractivity contribution in [1.82, 2.24) is 10.2 Å². The first kappa shape index (κ1) is 14.0. The maximum absolute atomic E-state index is 11.9. The average Bonchev–Trinajstić information content (AvgIpc) is 2.77. The summed E-state index contributed by atoms with van der Waals surface area (Å²) in [6, 6.07) is 10.0. The van der Waals surface area contributed by atoms with E-state index in [2.05, 4.69) is 22.3 Å². The molecule has 1 heterocycles. The van der Waals surface area contributed by atoms with Crippen LogP contribution < -0.4 is 5.32 Å². The second-order valence-electron chi connectivity index (χ2n) is 5.95. The number of benzene rings is 1. The largest absolute Gasteiger partial charge is 0.459 e. The third-order valence-corrected chi connectivity index (χ3v) is 2.94. The molecule has 1 N–H and O–H groups in total. The highest BCUT2D eigenvalue weighted by atomic mass is 16.6. The van der Waals surface area contributed by atoms with E-state index in [4.69, 9.17) is 4.74 Å². The fraction of sp³-hybridized carbons (Fsp3) is 0.533. The van der Waals surface area contributed by atoms with Crippen molar-refractivity contribution >= 4 is 5.97 Å². The summed E-state index contributed by atoms with van der Waals surface area (Å²) in [4.78, 5) is 14.2. The lowest BCUT2D eigenvalue weighted by molar-refractivity contribution is -0.156. The Bertz CT molecular complexity index is 426. The van der Waals surface area contributed by atoms with Gasteiger partial charge in [-0.2, -0.15) is 0 Å². The molecule has 19 heavy (non-hydrogen) atoms. The molecule has 1 fully saturated rings. The standard InChI is InChI=1S/C15H22N2O2/c1-15(2,3)19-14(18)13-10-17(11-16-13)9-12-7-5-4-6-8-12/h4-8,13,16H,9-11H2,1-3H3. The molecule has 1 unspecified atom stereocenters. The number of hydrogen-bond donors (Lipinski definition) is 1. The van der Waals surface area contributed by atoms with Crippen molar-refractivity contribution in [2.75, 3.05) is 13.2 Å². The Morgan fingerprint density at radius 2 is 2.05 bits per heavy atom. The van der Waals surface area contributed by atoms with E-state index in [0.717, 1.165) is 13.2 Å². The van der Waals surface area contributed by atoms with Gasteiger partial charge in [-0.15, -0.1) is 0 Å². The summed E-state index contributed by atoms with van der Waals surface area (Å²) < 4.78 is 5.39. The highest BCUT2D eigenvalue weighted by Crippen LogP contribution is 2.13. The third kappa shape index (κ3) is 4.33. The van der Waals surface area contributed by atoms with Crippen LogP contribution in [0, 0.1) is 0 Å². The van der Waals surface area contributed by atoms with E-state index in [1.165, 1.54) is 5.56 Å². The maximum Gasteiger partial charge on any atom is 0.325 e. The number of hydrogen-bond acceptors (Lipinski definition) is 4. The molecule has 0 bridgehead atoms. The zero-order valence-electron chi connectivity index (χ0n) is 11.8. The van der Waals surface area contributed by atoms with Crippen molar-refractivity contribution in [3.05, 3.63) is 35.9 Å². The van der Waals surface area contributed by atoms with Crippen molar-refractivity contribution in [2.45, 2.75) is 39.0 Å². The SMILES string of the molecule is CC(C)(C)OC(=O)C1CN(Cc2ccccc2)CN1. The Morgan fingerprint density at radius 3 is 2.68 bits per heavy atom. The molecule has 4 heteroatoms. The summed E-state index contributed by atoms with van der Waals surface area (Å²) in [5, 5.41) is 3.20. The lowest BCUT2D eigenvalue weighted by Crippen LogP contribution is -2.39. The molecule has 0 spiro atoms. The average molecular weight is 262 g/mol. The van der Waals surface area contributed by atoms with Gasteiger partial charge in [0.25, 0.3) is 0 Å². The molecule has 104 valence electrons. The van der Waals surface area contributed by atoms with E-state index >= 15 is 0 Å². The minimum absolute atomic E-state index is 0.164. The second kappa shape index (κ2) is 5.72. The summed E-state index contributed by atoms with van der Waals surface area (Å²) in [5.74, 6) is -0.164. The molecule has 1 saturated heterocycles. The van der Waals surface area contributed by atoms with Gasteiger partial charge in [0.05, 0.1) is 0 Å². The molecule has 4 nitrogen and oxygen atoms in total. The number of carbonyl (C=O) groups excluding carboxylic acids is 1. The third-order valence-electron chi connectivity index (χ3n) is 2.94. The van der Waals surface area contributed by atoms with Crippen LogP contribution in [0.5, 0.6) is 0 Å². The van der Waals surface area contributed by atoms with E-state index in [-0.39, 0.29) is 12.0 Å². The van der Waals surface area contributed by atoms with Gasteiger partial charge in [-0.25, -0.2) is 0 Å². The first-order valence-electron chi connectivity index (χ1n) is 6.66. The molecule has 1 aliphatic rings. The van der Waals surface area contributed by atoms with Gasteiger partial charge in [-0.05, 0) is 26.3 Å². The van der Waals surface area contributed by atoms with Gasteiger partial charge in [0.2, 0.25) is 0 Å². The number of rotatable bonds is 3. The predicted octanol–water partition coefficient (Wildman–Crippen LogP) is 1.76. The Kier molecular flexibility index (Phi) is 4.22. The van der Waals surface area contributed by atoms with Gasteiger partial charge in [0, 0.05) is 19.8 Å². The Labute approximate surface area is 114 Å². The smallest absolute Gasteiger partial charge is 0.325 e. The van der Waals surface area contributed by atoms with Gasteiger partial charge in [0.15, 0.2) is 0 Å². The van der Waals surface area contributed by atoms with E-state index in [1.54, 1.807) is 0 Å². The minimum Gasteiger partial charge on any atom is -0.459 e. The molecule has 0 radical (unpaired) electrons. The van der Waals surface area contributed by atoms with Crippen LogP contribution >= 0.6 is 0 Å². The first-order valence-corrected chi connectivity index (χ1v) is 6.66. The summed E-state index contributed by atoms with van der Waals surface area (Å²) in [6.07, 6.45) is 0. The summed E-state index contributed by atoms with van der Waals surface area (Å²) in [7, 11) is 0. The number of ether oxygens (including phenoxy) is 1. The molecule has 2 rings (SSSR count). The van der Waals surface area contributed by atoms with E-state index in [9.17, 15) is 4.79 Å². The van der Waals surface area contributed by atoms with E-state index < -0.39 is 5.60 Å². The van der Waals surface area contributed by atoms with Crippen LogP contribution in [0.25, 0.3) is 0 Å². The number of nitrogens with zero attached hydrogens (tertiary/aromatic N) is 1. The monoisotopic (exact) mass is 262 g/mol. The van der Waals surface area contributed by atoms with Crippen molar-refractivity contribution < 1.29 is 9.53 Å². The zero-order valence-corrected chi connectivity index (χ0v) is 11.8. The van der Waals surface area contributed by atoms with Gasteiger partial charge in [-0.1, -0.05) is 30.3 Å². The predicted molar refractivity (Wildman–Crippen MR) is 74.5 cm³/mol. The lowest BCUT2D eigenvalue weighted by Gasteiger charge is -2.22. The highest BCUT2D eigenvalue weighted by molar-refractivity contribution is 5.76. The fourth-order valence-corrected chi connectivity index (χ4v) is 2.12. The molecular weight excluding hydrogens is 240 g/mol. The summed E-state index contributed by atoms with van der Waals surface area (Å²) >= 11 is 0. The van der Waals surface area contributed by atoms with Crippen LogP contribution in [0.3, 0.4) is 0 Å². The van der Waals surface area contributed by atoms with Crippen LogP contribution in [0.2, 0.25) is 0 Å². The minimum atomic E-state index is -0.425. The number of nitrogens with one attached hydrogen (secondary N) is 1. The molecule has 0 aliphatic carbocycles. The maximum atomic E-state index is 11.9. The van der Waals surface area contributed by atoms with Crippen LogP contribution in [0.15, 0.2) is 30.3 Å². The van der Waals surface area contributed by atoms with E-state index in [0.29, 0.717) is 6.54 Å². The molecule has 0 saturated carbocycles. The summed E-state index contributed by atoms with van der Waals surface area (Å²) in [5.41, 5.74) is 0.833. The topological polar surface area (TPSA) is 41.6 Å². The molecule has 0 aromatic heterocycles. The lowest BCUT2D eigenvalue weighted by atomic mass is 10.2. The van der Waals surface area contributed by atoms with E-state index in [1.807, 2.05) is 39.0 Å². The zero-order chi connectivity index (χ0) is 13.9. The number of esters is 1. The molecule has 1 aromatic rings. The molecule has 1 atom stereocenters. The van der Waals surface area contributed by atoms with Crippen molar-refractivity contribution in [3.8, 4) is 0 Å². The first-order chi connectivity index (χ1) is 8.94. The molecule has 1 aliphatic heterocycles. The van der Waals surface area contributed by atoms with Gasteiger partial charge >= 0.3 is 5.97 Å². The fourth-order valence-electron chi connectivity index (χ4n) is 2.12. The van der Waals surface area contributed by atoms with Crippen molar-refractivity contribution in [2.24, 2.45) is 0 Å². The normalized spacial score (nSPS) is 20.5. The van der Waals surface area contributed by atoms with Crippen LogP contribution in [-0.4, -0.2) is 35.7 Å². The Hall–Kier alpha value is -1.39. The quantitative estimate of drug-likeness (QED) is 0.843. The van der Waals surface area contributed by atoms with Crippen LogP contribution in [0.1, 0.15) is 26.3 Å². The Balaban J connectivity index is 1.85. The van der Waals surface area contributed by atoms with Crippen molar-refractivity contribution in [1.29, 1.82) is 0 Å². The second-order valence-corrected chi connectivity index (χ2v) is 5.95. The highest BCUT2D eigenvalue weighted by Gasteiger charge is 2.31. The van der Waals surface area contributed by atoms with Gasteiger partial charge < -0.3 is 4.74 Å². The van der Waals surface area contributed by atoms with Crippen LogP contribution in [0.4, 0.5) is 0 Å². The van der Waals surface area contributed by atoms with Crippen LogP contribution in [-0.2, 0) is 16.1 Å².